The molecule has 1 fully saturated rings. The lowest BCUT2D eigenvalue weighted by Crippen LogP contribution is -2.49. The van der Waals surface area contributed by atoms with E-state index in [1.807, 2.05) is 36.4 Å². The van der Waals surface area contributed by atoms with Crippen molar-refractivity contribution in [3.63, 3.8) is 0 Å². The SMILES string of the molecule is COC(=O)c1c[nH]c2cc(Cl)c(-c3ccc(C4(CO)COC4)cc3)cc12. The van der Waals surface area contributed by atoms with Crippen molar-refractivity contribution in [2.75, 3.05) is 26.9 Å². The number of nitrogens with one attached hydrogen (secondary N) is 1. The number of hydrogen-bond acceptors (Lipinski definition) is 4. The molecule has 0 atom stereocenters. The van der Waals surface area contributed by atoms with Gasteiger partial charge in [-0.05, 0) is 23.3 Å². The topological polar surface area (TPSA) is 71.6 Å². The highest BCUT2D eigenvalue weighted by molar-refractivity contribution is 6.34. The maximum atomic E-state index is 11.9. The number of fused-ring (bicyclic) bond motifs is 1. The van der Waals surface area contributed by atoms with Gasteiger partial charge in [-0.15, -0.1) is 0 Å². The Morgan fingerprint density at radius 1 is 1.31 bits per heavy atom. The molecule has 5 nitrogen and oxygen atoms in total. The highest BCUT2D eigenvalue weighted by Gasteiger charge is 2.39. The van der Waals surface area contributed by atoms with E-state index in [0.717, 1.165) is 27.6 Å². The molecule has 4 rings (SSSR count). The zero-order chi connectivity index (χ0) is 18.3. The fourth-order valence-electron chi connectivity index (χ4n) is 3.34. The number of aromatic amines is 1. The third-order valence-corrected chi connectivity index (χ3v) is 5.36. The second kappa shape index (κ2) is 6.43. The summed E-state index contributed by atoms with van der Waals surface area (Å²) in [6.45, 7) is 1.12. The van der Waals surface area contributed by atoms with Crippen molar-refractivity contribution >= 4 is 28.5 Å². The first-order valence-electron chi connectivity index (χ1n) is 8.26. The predicted molar refractivity (Wildman–Crippen MR) is 99.7 cm³/mol. The summed E-state index contributed by atoms with van der Waals surface area (Å²) in [5, 5.41) is 11.0. The number of rotatable bonds is 4. The number of halogens is 1. The minimum Gasteiger partial charge on any atom is -0.465 e. The second-order valence-corrected chi connectivity index (χ2v) is 6.99. The van der Waals surface area contributed by atoms with Crippen LogP contribution >= 0.6 is 11.6 Å². The standard InChI is InChI=1S/C20H18ClNO4/c1-25-19(24)16-8-22-18-7-17(21)14(6-15(16)18)12-2-4-13(5-3-12)20(9-23)10-26-11-20/h2-8,22-23H,9-11H2,1H3. The van der Waals surface area contributed by atoms with Gasteiger partial charge in [-0.1, -0.05) is 35.9 Å². The van der Waals surface area contributed by atoms with Crippen LogP contribution in [0.5, 0.6) is 0 Å². The number of aromatic nitrogens is 1. The molecule has 0 aliphatic carbocycles. The van der Waals surface area contributed by atoms with Gasteiger partial charge in [0.05, 0.1) is 42.9 Å². The molecule has 0 saturated carbocycles. The molecule has 0 spiro atoms. The summed E-state index contributed by atoms with van der Waals surface area (Å²) in [6.07, 6.45) is 1.63. The van der Waals surface area contributed by atoms with Gasteiger partial charge in [-0.3, -0.25) is 0 Å². The third-order valence-electron chi connectivity index (χ3n) is 5.04. The first-order valence-corrected chi connectivity index (χ1v) is 8.64. The molecule has 1 aliphatic heterocycles. The minimum absolute atomic E-state index is 0.0604. The molecule has 1 aliphatic rings. The van der Waals surface area contributed by atoms with Crippen LogP contribution in [0.2, 0.25) is 5.02 Å². The molecule has 1 aromatic heterocycles. The first-order chi connectivity index (χ1) is 12.6. The van der Waals surface area contributed by atoms with Crippen LogP contribution in [0.3, 0.4) is 0 Å². The van der Waals surface area contributed by atoms with Gasteiger partial charge < -0.3 is 19.6 Å². The van der Waals surface area contributed by atoms with Crippen molar-refractivity contribution in [2.24, 2.45) is 0 Å². The van der Waals surface area contributed by atoms with Gasteiger partial charge in [-0.2, -0.15) is 0 Å². The molecule has 0 bridgehead atoms. The number of aliphatic hydroxyl groups is 1. The average molecular weight is 372 g/mol. The Morgan fingerprint density at radius 2 is 2.04 bits per heavy atom. The predicted octanol–water partition coefficient (Wildman–Crippen LogP) is 3.54. The van der Waals surface area contributed by atoms with Crippen LogP contribution in [0.4, 0.5) is 0 Å². The highest BCUT2D eigenvalue weighted by Crippen LogP contribution is 2.36. The number of esters is 1. The molecule has 1 saturated heterocycles. The maximum Gasteiger partial charge on any atom is 0.340 e. The molecule has 0 radical (unpaired) electrons. The van der Waals surface area contributed by atoms with Crippen molar-refractivity contribution in [3.8, 4) is 11.1 Å². The fourth-order valence-corrected chi connectivity index (χ4v) is 3.62. The largest absolute Gasteiger partial charge is 0.465 e. The molecule has 0 amide bonds. The summed E-state index contributed by atoms with van der Waals surface area (Å²) >= 11 is 6.46. The molecular weight excluding hydrogens is 354 g/mol. The summed E-state index contributed by atoms with van der Waals surface area (Å²) in [4.78, 5) is 15.0. The number of carbonyl (C=O) groups excluding carboxylic acids is 1. The van der Waals surface area contributed by atoms with E-state index >= 15 is 0 Å². The lowest BCUT2D eigenvalue weighted by atomic mass is 9.79. The number of aliphatic hydroxyl groups excluding tert-OH is 1. The summed E-state index contributed by atoms with van der Waals surface area (Å²) < 4.78 is 10.1. The monoisotopic (exact) mass is 371 g/mol. The van der Waals surface area contributed by atoms with Gasteiger partial charge in [0.25, 0.3) is 0 Å². The molecular formula is C20H18ClNO4. The van der Waals surface area contributed by atoms with E-state index in [0.29, 0.717) is 23.8 Å². The van der Waals surface area contributed by atoms with Gasteiger partial charge >= 0.3 is 5.97 Å². The van der Waals surface area contributed by atoms with Crippen LogP contribution in [0.15, 0.2) is 42.6 Å². The van der Waals surface area contributed by atoms with Crippen molar-refractivity contribution in [2.45, 2.75) is 5.41 Å². The van der Waals surface area contributed by atoms with Crippen LogP contribution in [0, 0.1) is 0 Å². The molecule has 134 valence electrons. The third kappa shape index (κ3) is 2.60. The number of benzene rings is 2. The summed E-state index contributed by atoms with van der Waals surface area (Å²) in [5.41, 5.74) is 3.77. The Kier molecular flexibility index (Phi) is 4.23. The van der Waals surface area contributed by atoms with E-state index in [1.54, 1.807) is 6.20 Å². The summed E-state index contributed by atoms with van der Waals surface area (Å²) in [6, 6.07) is 11.6. The molecule has 6 heteroatoms. The van der Waals surface area contributed by atoms with Gasteiger partial charge in [-0.25, -0.2) is 4.79 Å². The van der Waals surface area contributed by atoms with Crippen LogP contribution in [0.1, 0.15) is 15.9 Å². The van der Waals surface area contributed by atoms with E-state index in [-0.39, 0.29) is 12.0 Å². The van der Waals surface area contributed by atoms with Gasteiger partial charge in [0.15, 0.2) is 0 Å². The second-order valence-electron chi connectivity index (χ2n) is 6.58. The van der Waals surface area contributed by atoms with Crippen molar-refractivity contribution in [1.82, 2.24) is 4.98 Å². The zero-order valence-electron chi connectivity index (χ0n) is 14.2. The van der Waals surface area contributed by atoms with E-state index < -0.39 is 5.97 Å². The molecule has 2 N–H and O–H groups in total. The number of hydrogen-bond donors (Lipinski definition) is 2. The molecule has 3 aromatic rings. The molecule has 0 unspecified atom stereocenters. The average Bonchev–Trinajstić information content (AvgIpc) is 3.03. The number of carbonyl (C=O) groups is 1. The van der Waals surface area contributed by atoms with Crippen LogP contribution < -0.4 is 0 Å². The van der Waals surface area contributed by atoms with Crippen molar-refractivity contribution < 1.29 is 19.4 Å². The fraction of sp³-hybridized carbons (Fsp3) is 0.250. The lowest BCUT2D eigenvalue weighted by molar-refractivity contribution is -0.0841. The van der Waals surface area contributed by atoms with Crippen molar-refractivity contribution in [1.29, 1.82) is 0 Å². The van der Waals surface area contributed by atoms with Crippen molar-refractivity contribution in [3.05, 3.63) is 58.7 Å². The Balaban J connectivity index is 1.76. The van der Waals surface area contributed by atoms with Crippen LogP contribution in [-0.2, 0) is 14.9 Å². The van der Waals surface area contributed by atoms with Gasteiger partial charge in [0.2, 0.25) is 0 Å². The van der Waals surface area contributed by atoms with Crippen LogP contribution in [0.25, 0.3) is 22.0 Å². The van der Waals surface area contributed by atoms with Crippen LogP contribution in [-0.4, -0.2) is 43.0 Å². The highest BCUT2D eigenvalue weighted by atomic mass is 35.5. The Bertz CT molecular complexity index is 968. The van der Waals surface area contributed by atoms with Gasteiger partial charge in [0.1, 0.15) is 0 Å². The number of H-pyrrole nitrogens is 1. The number of methoxy groups -OCH3 is 1. The maximum absolute atomic E-state index is 11.9. The Hall–Kier alpha value is -2.34. The smallest absolute Gasteiger partial charge is 0.340 e. The minimum atomic E-state index is -0.394. The van der Waals surface area contributed by atoms with E-state index in [4.69, 9.17) is 21.1 Å². The Morgan fingerprint density at radius 3 is 2.62 bits per heavy atom. The van der Waals surface area contributed by atoms with Gasteiger partial charge in [0, 0.05) is 22.7 Å². The van der Waals surface area contributed by atoms with E-state index in [2.05, 4.69) is 4.98 Å². The Labute approximate surface area is 155 Å². The molecule has 26 heavy (non-hydrogen) atoms. The summed E-state index contributed by atoms with van der Waals surface area (Å²) in [5.74, 6) is -0.394. The van der Waals surface area contributed by atoms with E-state index in [1.165, 1.54) is 7.11 Å². The lowest BCUT2D eigenvalue weighted by Gasteiger charge is -2.40. The number of ether oxygens (including phenoxy) is 2. The summed E-state index contributed by atoms with van der Waals surface area (Å²) in [7, 11) is 1.36. The molecule has 2 heterocycles. The zero-order valence-corrected chi connectivity index (χ0v) is 15.0. The first kappa shape index (κ1) is 17.1. The van der Waals surface area contributed by atoms with E-state index in [9.17, 15) is 9.90 Å². The molecule has 2 aromatic carbocycles. The quantitative estimate of drug-likeness (QED) is 0.688. The normalized spacial score (nSPS) is 15.7.